The second-order valence-corrected chi connectivity index (χ2v) is 6.98. The van der Waals surface area contributed by atoms with E-state index in [0.29, 0.717) is 10.8 Å². The molecule has 1 heterocycles. The zero-order valence-corrected chi connectivity index (χ0v) is 15.8. The van der Waals surface area contributed by atoms with Gasteiger partial charge in [0, 0.05) is 24.1 Å². The zero-order chi connectivity index (χ0) is 19.4. The monoisotopic (exact) mass is 402 g/mol. The molecule has 7 nitrogen and oxygen atoms in total. The van der Waals surface area contributed by atoms with E-state index in [-0.39, 0.29) is 22.4 Å². The average Bonchev–Trinajstić information content (AvgIpc) is 3.10. The standard InChI is InChI=1S/C18H15ClN4O3S/c1-12-4-2-3-5-15(12)22-9-8-20-18(22)27-11-17(24)21-13-6-7-14(19)16(10-13)23(25)26/h2-10H,11H2,1H3,(H,21,24). The van der Waals surface area contributed by atoms with Crippen molar-refractivity contribution < 1.29 is 9.72 Å². The number of rotatable bonds is 6. The molecule has 0 atom stereocenters. The fourth-order valence-corrected chi connectivity index (χ4v) is 3.42. The van der Waals surface area contributed by atoms with Gasteiger partial charge in [-0.25, -0.2) is 4.98 Å². The minimum absolute atomic E-state index is 0.0210. The summed E-state index contributed by atoms with van der Waals surface area (Å²) in [6, 6.07) is 12.0. The van der Waals surface area contributed by atoms with Gasteiger partial charge in [0.1, 0.15) is 5.02 Å². The van der Waals surface area contributed by atoms with Crippen LogP contribution in [0, 0.1) is 17.0 Å². The third kappa shape index (κ3) is 4.47. The lowest BCUT2D eigenvalue weighted by molar-refractivity contribution is -0.384. The summed E-state index contributed by atoms with van der Waals surface area (Å²) in [5.74, 6) is -0.185. The number of nitrogens with one attached hydrogen (secondary N) is 1. The number of imidazole rings is 1. The number of thioether (sulfide) groups is 1. The van der Waals surface area contributed by atoms with Gasteiger partial charge in [-0.1, -0.05) is 41.6 Å². The summed E-state index contributed by atoms with van der Waals surface area (Å²) in [7, 11) is 0. The Hall–Kier alpha value is -2.84. The van der Waals surface area contributed by atoms with Crippen LogP contribution >= 0.6 is 23.4 Å². The van der Waals surface area contributed by atoms with Crippen molar-refractivity contribution >= 4 is 40.6 Å². The number of para-hydroxylation sites is 1. The summed E-state index contributed by atoms with van der Waals surface area (Å²) in [5.41, 5.74) is 2.15. The van der Waals surface area contributed by atoms with Crippen LogP contribution in [0.25, 0.3) is 5.69 Å². The lowest BCUT2D eigenvalue weighted by Gasteiger charge is -2.10. The van der Waals surface area contributed by atoms with E-state index in [1.54, 1.807) is 6.20 Å². The Labute approximate surface area is 164 Å². The molecule has 1 aromatic heterocycles. The smallest absolute Gasteiger partial charge is 0.289 e. The minimum atomic E-state index is -0.592. The first-order valence-electron chi connectivity index (χ1n) is 7.91. The lowest BCUT2D eigenvalue weighted by Crippen LogP contribution is -2.14. The summed E-state index contributed by atoms with van der Waals surface area (Å²) in [5, 5.41) is 14.3. The molecule has 0 bridgehead atoms. The number of nitrogens with zero attached hydrogens (tertiary/aromatic N) is 3. The third-order valence-corrected chi connectivity index (χ3v) is 5.03. The van der Waals surface area contributed by atoms with Gasteiger partial charge in [0.15, 0.2) is 5.16 Å². The first kappa shape index (κ1) is 18.9. The minimum Gasteiger partial charge on any atom is -0.325 e. The molecule has 0 unspecified atom stereocenters. The lowest BCUT2D eigenvalue weighted by atomic mass is 10.2. The average molecular weight is 403 g/mol. The number of hydrogen-bond acceptors (Lipinski definition) is 5. The topological polar surface area (TPSA) is 90.1 Å². The van der Waals surface area contributed by atoms with Crippen LogP contribution < -0.4 is 5.32 Å². The molecule has 1 N–H and O–H groups in total. The molecule has 2 aromatic carbocycles. The van der Waals surface area contributed by atoms with E-state index in [9.17, 15) is 14.9 Å². The number of halogens is 1. The molecule has 0 aliphatic rings. The molecule has 0 aliphatic carbocycles. The van der Waals surface area contributed by atoms with Gasteiger partial charge in [-0.2, -0.15) is 0 Å². The molecule has 3 rings (SSSR count). The van der Waals surface area contributed by atoms with E-state index in [4.69, 9.17) is 11.6 Å². The Kier molecular flexibility index (Phi) is 5.78. The van der Waals surface area contributed by atoms with E-state index in [2.05, 4.69) is 10.3 Å². The van der Waals surface area contributed by atoms with Gasteiger partial charge >= 0.3 is 0 Å². The summed E-state index contributed by atoms with van der Waals surface area (Å²) in [6.07, 6.45) is 3.51. The summed E-state index contributed by atoms with van der Waals surface area (Å²) in [6.45, 7) is 2.00. The van der Waals surface area contributed by atoms with Gasteiger partial charge in [-0.3, -0.25) is 19.5 Å². The highest BCUT2D eigenvalue weighted by atomic mass is 35.5. The van der Waals surface area contributed by atoms with Gasteiger partial charge in [-0.05, 0) is 30.7 Å². The predicted octanol–water partition coefficient (Wildman–Crippen LogP) is 4.47. The van der Waals surface area contributed by atoms with E-state index in [1.807, 2.05) is 42.0 Å². The van der Waals surface area contributed by atoms with Crippen molar-refractivity contribution in [2.75, 3.05) is 11.1 Å². The Bertz CT molecular complexity index is 1010. The Morgan fingerprint density at radius 2 is 2.11 bits per heavy atom. The maximum absolute atomic E-state index is 12.2. The first-order chi connectivity index (χ1) is 13.0. The van der Waals surface area contributed by atoms with Gasteiger partial charge in [-0.15, -0.1) is 0 Å². The Morgan fingerprint density at radius 1 is 1.33 bits per heavy atom. The largest absolute Gasteiger partial charge is 0.325 e. The van der Waals surface area contributed by atoms with Crippen LogP contribution in [-0.4, -0.2) is 26.1 Å². The molecule has 138 valence electrons. The molecular weight excluding hydrogens is 388 g/mol. The van der Waals surface area contributed by atoms with Crippen LogP contribution in [0.2, 0.25) is 5.02 Å². The maximum Gasteiger partial charge on any atom is 0.289 e. The van der Waals surface area contributed by atoms with E-state index in [0.717, 1.165) is 11.3 Å². The number of carbonyl (C=O) groups is 1. The summed E-state index contributed by atoms with van der Waals surface area (Å²) >= 11 is 7.05. The number of aryl methyl sites for hydroxylation is 1. The van der Waals surface area contributed by atoms with E-state index in [1.165, 1.54) is 30.0 Å². The van der Waals surface area contributed by atoms with Crippen molar-refractivity contribution in [1.29, 1.82) is 0 Å². The highest BCUT2D eigenvalue weighted by Gasteiger charge is 2.15. The zero-order valence-electron chi connectivity index (χ0n) is 14.3. The highest BCUT2D eigenvalue weighted by Crippen LogP contribution is 2.28. The van der Waals surface area contributed by atoms with Crippen LogP contribution in [0.5, 0.6) is 0 Å². The van der Waals surface area contributed by atoms with Crippen molar-refractivity contribution in [3.8, 4) is 5.69 Å². The van der Waals surface area contributed by atoms with Crippen molar-refractivity contribution in [2.45, 2.75) is 12.1 Å². The van der Waals surface area contributed by atoms with Gasteiger partial charge in [0.25, 0.3) is 5.69 Å². The van der Waals surface area contributed by atoms with E-state index < -0.39 is 4.92 Å². The number of hydrogen-bond donors (Lipinski definition) is 1. The molecule has 0 radical (unpaired) electrons. The molecule has 9 heteroatoms. The number of carbonyl (C=O) groups excluding carboxylic acids is 1. The molecule has 0 aliphatic heterocycles. The van der Waals surface area contributed by atoms with Crippen LogP contribution in [0.3, 0.4) is 0 Å². The fourth-order valence-electron chi connectivity index (χ4n) is 2.47. The predicted molar refractivity (Wildman–Crippen MR) is 106 cm³/mol. The third-order valence-electron chi connectivity index (χ3n) is 3.74. The molecule has 0 saturated carbocycles. The van der Waals surface area contributed by atoms with Gasteiger partial charge in [0.2, 0.25) is 5.91 Å². The number of anilines is 1. The quantitative estimate of drug-likeness (QED) is 0.373. The van der Waals surface area contributed by atoms with Crippen molar-refractivity contribution in [1.82, 2.24) is 9.55 Å². The normalized spacial score (nSPS) is 10.6. The number of amides is 1. The Balaban J connectivity index is 1.68. The van der Waals surface area contributed by atoms with E-state index >= 15 is 0 Å². The molecular formula is C18H15ClN4O3S. The SMILES string of the molecule is Cc1ccccc1-n1ccnc1SCC(=O)Nc1ccc(Cl)c([N+](=O)[O-])c1. The van der Waals surface area contributed by atoms with Crippen LogP contribution in [-0.2, 0) is 4.79 Å². The van der Waals surface area contributed by atoms with Gasteiger partial charge in [0.05, 0.1) is 16.4 Å². The molecule has 0 saturated heterocycles. The highest BCUT2D eigenvalue weighted by molar-refractivity contribution is 7.99. The number of nitro benzene ring substituents is 1. The van der Waals surface area contributed by atoms with Crippen LogP contribution in [0.4, 0.5) is 11.4 Å². The van der Waals surface area contributed by atoms with Gasteiger partial charge < -0.3 is 5.32 Å². The first-order valence-corrected chi connectivity index (χ1v) is 9.28. The molecule has 0 fully saturated rings. The van der Waals surface area contributed by atoms with Crippen molar-refractivity contribution in [3.05, 3.63) is 75.6 Å². The van der Waals surface area contributed by atoms with Crippen LogP contribution in [0.15, 0.2) is 60.0 Å². The summed E-state index contributed by atoms with van der Waals surface area (Å²) < 4.78 is 1.92. The van der Waals surface area contributed by atoms with Crippen molar-refractivity contribution in [3.63, 3.8) is 0 Å². The number of benzene rings is 2. The molecule has 0 spiro atoms. The summed E-state index contributed by atoms with van der Waals surface area (Å²) in [4.78, 5) is 26.9. The van der Waals surface area contributed by atoms with Crippen LogP contribution in [0.1, 0.15) is 5.56 Å². The fraction of sp³-hybridized carbons (Fsp3) is 0.111. The Morgan fingerprint density at radius 3 is 2.85 bits per heavy atom. The second-order valence-electron chi connectivity index (χ2n) is 5.63. The molecule has 1 amide bonds. The number of nitro groups is 1. The molecule has 27 heavy (non-hydrogen) atoms. The maximum atomic E-state index is 12.2. The molecule has 3 aromatic rings. The number of aromatic nitrogens is 2. The van der Waals surface area contributed by atoms with Crippen molar-refractivity contribution in [2.24, 2.45) is 0 Å². The second kappa shape index (κ2) is 8.24.